The molecular formula is C23H22IN5O5. The summed E-state index contributed by atoms with van der Waals surface area (Å²) in [6.07, 6.45) is 0.685. The van der Waals surface area contributed by atoms with Crippen molar-refractivity contribution in [2.24, 2.45) is 0 Å². The fourth-order valence-electron chi connectivity index (χ4n) is 3.57. The van der Waals surface area contributed by atoms with Gasteiger partial charge in [-0.2, -0.15) is 0 Å². The Bertz CT molecular complexity index is 1490. The lowest BCUT2D eigenvalue weighted by Crippen LogP contribution is -2.40. The van der Waals surface area contributed by atoms with Crippen LogP contribution in [-0.2, 0) is 17.9 Å². The van der Waals surface area contributed by atoms with Crippen molar-refractivity contribution in [3.05, 3.63) is 72.4 Å². The van der Waals surface area contributed by atoms with Gasteiger partial charge < -0.3 is 20.6 Å². The van der Waals surface area contributed by atoms with Gasteiger partial charge in [0.15, 0.2) is 12.3 Å². The summed E-state index contributed by atoms with van der Waals surface area (Å²) in [5, 5.41) is 8.74. The predicted octanol–water partition coefficient (Wildman–Crippen LogP) is 2.66. The number of halogens is 1. The lowest BCUT2D eigenvalue weighted by molar-refractivity contribution is -0.139. The van der Waals surface area contributed by atoms with Gasteiger partial charge in [-0.1, -0.05) is 13.0 Å². The number of hydrogen-bond donors (Lipinski definition) is 3. The van der Waals surface area contributed by atoms with E-state index < -0.39 is 23.8 Å². The van der Waals surface area contributed by atoms with E-state index in [9.17, 15) is 14.4 Å². The van der Waals surface area contributed by atoms with E-state index >= 15 is 0 Å². The number of imidazole rings is 1. The molecule has 4 aromatic rings. The number of nitrogens with two attached hydrogens (primary N) is 1. The highest BCUT2D eigenvalue weighted by Crippen LogP contribution is 2.22. The van der Waals surface area contributed by atoms with Crippen LogP contribution in [0.1, 0.15) is 18.9 Å². The van der Waals surface area contributed by atoms with Crippen LogP contribution >= 0.6 is 22.6 Å². The molecular weight excluding hydrogens is 553 g/mol. The van der Waals surface area contributed by atoms with Gasteiger partial charge in [-0.05, 0) is 71.0 Å². The summed E-state index contributed by atoms with van der Waals surface area (Å²) in [6.45, 7) is 2.01. The number of carbonyl (C=O) groups is 1. The molecule has 2 heterocycles. The van der Waals surface area contributed by atoms with Crippen molar-refractivity contribution in [3.8, 4) is 17.1 Å². The number of carboxylic acid groups (broad SMARTS) is 1. The molecule has 10 nitrogen and oxygen atoms in total. The second-order valence-corrected chi connectivity index (χ2v) is 8.83. The van der Waals surface area contributed by atoms with Gasteiger partial charge >= 0.3 is 11.7 Å². The molecule has 4 N–H and O–H groups in total. The highest BCUT2D eigenvalue weighted by molar-refractivity contribution is 14.1. The normalized spacial score (nSPS) is 11.1. The van der Waals surface area contributed by atoms with Crippen molar-refractivity contribution in [2.75, 3.05) is 12.3 Å². The van der Waals surface area contributed by atoms with Crippen molar-refractivity contribution < 1.29 is 14.6 Å². The number of H-pyrrole nitrogens is 1. The van der Waals surface area contributed by atoms with E-state index in [1.807, 2.05) is 13.0 Å². The van der Waals surface area contributed by atoms with Crippen LogP contribution in [0.5, 0.6) is 5.75 Å². The fourth-order valence-corrected chi connectivity index (χ4v) is 4.15. The molecule has 0 aliphatic rings. The first-order valence-corrected chi connectivity index (χ1v) is 11.6. The van der Waals surface area contributed by atoms with Crippen LogP contribution in [0.2, 0.25) is 0 Å². The number of rotatable bonds is 8. The molecule has 11 heteroatoms. The Morgan fingerprint density at radius 3 is 2.56 bits per heavy atom. The largest absolute Gasteiger partial charge is 0.482 e. The van der Waals surface area contributed by atoms with E-state index in [0.29, 0.717) is 41.4 Å². The molecule has 0 radical (unpaired) electrons. The van der Waals surface area contributed by atoms with Crippen LogP contribution in [0.4, 0.5) is 5.69 Å². The standard InChI is InChI=1S/C23H22IN5O5/c1-2-9-28-21-19(22(32)29(23(28)33)11-13-3-8-17(25)16(24)10-13)26-20(27-21)14-4-6-15(7-5-14)34-12-18(30)31/h3-8,10H,2,9,11-12,25H2,1H3,(H,26,27)(H,30,31). The SMILES string of the molecule is CCCn1c(=O)n(Cc2ccc(N)c(I)c2)c(=O)c2[nH]c(-c3ccc(OCC(=O)O)cc3)nc21. The van der Waals surface area contributed by atoms with Crippen molar-refractivity contribution in [3.63, 3.8) is 0 Å². The topological polar surface area (TPSA) is 145 Å². The van der Waals surface area contributed by atoms with Gasteiger partial charge in [0.05, 0.1) is 6.54 Å². The van der Waals surface area contributed by atoms with Gasteiger partial charge in [-0.15, -0.1) is 0 Å². The van der Waals surface area contributed by atoms with E-state index in [-0.39, 0.29) is 12.1 Å². The number of hydrogen-bond acceptors (Lipinski definition) is 6. The number of nitrogen functional groups attached to an aromatic ring is 1. The van der Waals surface area contributed by atoms with Gasteiger partial charge in [0.1, 0.15) is 17.1 Å². The molecule has 0 unspecified atom stereocenters. The number of carboxylic acids is 1. The molecule has 0 spiro atoms. The van der Waals surface area contributed by atoms with Crippen LogP contribution < -0.4 is 21.7 Å². The van der Waals surface area contributed by atoms with E-state index in [0.717, 1.165) is 9.13 Å². The zero-order chi connectivity index (χ0) is 24.4. The van der Waals surface area contributed by atoms with Crippen molar-refractivity contribution in [1.82, 2.24) is 19.1 Å². The van der Waals surface area contributed by atoms with Gasteiger partial charge in [0.25, 0.3) is 5.56 Å². The van der Waals surface area contributed by atoms with E-state index in [1.165, 1.54) is 9.13 Å². The third kappa shape index (κ3) is 4.69. The number of aryl methyl sites for hydroxylation is 1. The van der Waals surface area contributed by atoms with Gasteiger partial charge in [-0.25, -0.2) is 14.6 Å². The number of nitrogens with one attached hydrogen (secondary N) is 1. The zero-order valence-corrected chi connectivity index (χ0v) is 20.4. The van der Waals surface area contributed by atoms with Gasteiger partial charge in [-0.3, -0.25) is 13.9 Å². The number of benzene rings is 2. The van der Waals surface area contributed by atoms with Crippen LogP contribution in [0.25, 0.3) is 22.6 Å². The Kier molecular flexibility index (Phi) is 6.72. The zero-order valence-electron chi connectivity index (χ0n) is 18.2. The lowest BCUT2D eigenvalue weighted by Gasteiger charge is -2.11. The number of fused-ring (bicyclic) bond motifs is 1. The summed E-state index contributed by atoms with van der Waals surface area (Å²) < 4.78 is 8.70. The second kappa shape index (κ2) is 9.71. The third-order valence-corrected chi connectivity index (χ3v) is 6.14. The maximum Gasteiger partial charge on any atom is 0.341 e. The number of aromatic nitrogens is 4. The smallest absolute Gasteiger partial charge is 0.341 e. The molecule has 4 rings (SSSR count). The Morgan fingerprint density at radius 2 is 1.91 bits per heavy atom. The summed E-state index contributed by atoms with van der Waals surface area (Å²) in [4.78, 5) is 44.8. The molecule has 0 amide bonds. The van der Waals surface area contributed by atoms with Crippen molar-refractivity contribution >= 4 is 45.4 Å². The highest BCUT2D eigenvalue weighted by Gasteiger charge is 2.18. The molecule has 0 saturated heterocycles. The molecule has 0 fully saturated rings. The number of nitrogens with zero attached hydrogens (tertiary/aromatic N) is 3. The molecule has 0 aliphatic heterocycles. The number of ether oxygens (including phenoxy) is 1. The van der Waals surface area contributed by atoms with Crippen LogP contribution in [-0.4, -0.2) is 36.8 Å². The summed E-state index contributed by atoms with van der Waals surface area (Å²) in [7, 11) is 0. The summed E-state index contributed by atoms with van der Waals surface area (Å²) >= 11 is 2.11. The molecule has 2 aromatic carbocycles. The molecule has 176 valence electrons. The average molecular weight is 575 g/mol. The quantitative estimate of drug-likeness (QED) is 0.216. The average Bonchev–Trinajstić information content (AvgIpc) is 3.26. The lowest BCUT2D eigenvalue weighted by atomic mass is 10.2. The molecule has 0 atom stereocenters. The maximum atomic E-state index is 13.3. The van der Waals surface area contributed by atoms with Crippen LogP contribution in [0.15, 0.2) is 52.1 Å². The minimum Gasteiger partial charge on any atom is -0.482 e. The summed E-state index contributed by atoms with van der Waals surface area (Å²) in [5.41, 5.74) is 7.61. The maximum absolute atomic E-state index is 13.3. The van der Waals surface area contributed by atoms with Crippen molar-refractivity contribution in [1.29, 1.82) is 0 Å². The monoisotopic (exact) mass is 575 g/mol. The molecule has 0 saturated carbocycles. The Labute approximate surface area is 207 Å². The first-order chi connectivity index (χ1) is 16.3. The van der Waals surface area contributed by atoms with Crippen LogP contribution in [0.3, 0.4) is 0 Å². The molecule has 34 heavy (non-hydrogen) atoms. The first kappa shape index (κ1) is 23.5. The number of aliphatic carboxylic acids is 1. The highest BCUT2D eigenvalue weighted by atomic mass is 127. The first-order valence-electron chi connectivity index (χ1n) is 10.5. The minimum atomic E-state index is -1.07. The Balaban J connectivity index is 1.78. The number of anilines is 1. The minimum absolute atomic E-state index is 0.109. The van der Waals surface area contributed by atoms with E-state index in [4.69, 9.17) is 15.6 Å². The van der Waals surface area contributed by atoms with E-state index in [2.05, 4.69) is 32.6 Å². The number of aromatic amines is 1. The molecule has 2 aromatic heterocycles. The third-order valence-electron chi connectivity index (χ3n) is 5.20. The Morgan fingerprint density at radius 1 is 1.18 bits per heavy atom. The fraction of sp³-hybridized carbons (Fsp3) is 0.217. The molecule has 0 bridgehead atoms. The van der Waals surface area contributed by atoms with Crippen molar-refractivity contribution in [2.45, 2.75) is 26.4 Å². The van der Waals surface area contributed by atoms with Crippen LogP contribution in [0, 0.1) is 3.57 Å². The van der Waals surface area contributed by atoms with Gasteiger partial charge in [0.2, 0.25) is 0 Å². The van der Waals surface area contributed by atoms with Gasteiger partial charge in [0, 0.05) is 21.4 Å². The Hall–Kier alpha value is -3.61. The molecule has 0 aliphatic carbocycles. The predicted molar refractivity (Wildman–Crippen MR) is 136 cm³/mol. The summed E-state index contributed by atoms with van der Waals surface area (Å²) in [6, 6.07) is 12.0. The summed E-state index contributed by atoms with van der Waals surface area (Å²) in [5.74, 6) is -0.258. The second-order valence-electron chi connectivity index (χ2n) is 7.67. The van der Waals surface area contributed by atoms with E-state index in [1.54, 1.807) is 36.4 Å².